The number of nitrogens with one attached hydrogen (secondary N) is 1. The molecule has 1 unspecified atom stereocenters. The van der Waals surface area contributed by atoms with Crippen LogP contribution in [0.25, 0.3) is 22.3 Å². The summed E-state index contributed by atoms with van der Waals surface area (Å²) in [6.45, 7) is 3.66. The first kappa shape index (κ1) is 24.9. The minimum absolute atomic E-state index is 0.0526. The van der Waals surface area contributed by atoms with E-state index in [0.717, 1.165) is 23.3 Å². The molecule has 1 atom stereocenters. The van der Waals surface area contributed by atoms with Crippen molar-refractivity contribution in [1.29, 1.82) is 0 Å². The van der Waals surface area contributed by atoms with E-state index >= 15 is 0 Å². The summed E-state index contributed by atoms with van der Waals surface area (Å²) in [6, 6.07) is 13.0. The van der Waals surface area contributed by atoms with Crippen LogP contribution in [0.2, 0.25) is 0 Å². The predicted molar refractivity (Wildman–Crippen MR) is 134 cm³/mol. The van der Waals surface area contributed by atoms with Gasteiger partial charge < -0.3 is 5.32 Å². The number of sulfone groups is 1. The molecular formula is C26H23F3N4O3S. The summed E-state index contributed by atoms with van der Waals surface area (Å²) in [4.78, 5) is 18.2. The topological polar surface area (TPSA) is 94.0 Å². The van der Waals surface area contributed by atoms with E-state index < -0.39 is 33.5 Å². The van der Waals surface area contributed by atoms with E-state index in [1.807, 2.05) is 31.2 Å². The third-order valence-corrected chi connectivity index (χ3v) is 8.20. The van der Waals surface area contributed by atoms with Crippen molar-refractivity contribution in [3.8, 4) is 11.3 Å². The zero-order chi connectivity index (χ0) is 26.5. The number of benzene rings is 2. The molecular weight excluding hydrogens is 505 g/mol. The maximum Gasteiger partial charge on any atom is 0.416 e. The second kappa shape index (κ2) is 8.98. The summed E-state index contributed by atoms with van der Waals surface area (Å²) < 4.78 is 64.7. The molecule has 5 rings (SSSR count). The first-order valence-corrected chi connectivity index (χ1v) is 13.4. The van der Waals surface area contributed by atoms with Gasteiger partial charge in [-0.25, -0.2) is 18.1 Å². The number of rotatable bonds is 4. The van der Waals surface area contributed by atoms with Crippen molar-refractivity contribution in [3.05, 3.63) is 77.0 Å². The summed E-state index contributed by atoms with van der Waals surface area (Å²) in [6.07, 6.45) is -4.09. The van der Waals surface area contributed by atoms with Crippen molar-refractivity contribution in [1.82, 2.24) is 14.8 Å². The van der Waals surface area contributed by atoms with Gasteiger partial charge in [0, 0.05) is 11.3 Å². The second-order valence-electron chi connectivity index (χ2n) is 9.24. The zero-order valence-electron chi connectivity index (χ0n) is 20.0. The number of pyridine rings is 1. The summed E-state index contributed by atoms with van der Waals surface area (Å²) in [5.74, 6) is -0.550. The van der Waals surface area contributed by atoms with Crippen LogP contribution in [0.3, 0.4) is 0 Å². The monoisotopic (exact) mass is 528 g/mol. The Kier molecular flexibility index (Phi) is 6.06. The van der Waals surface area contributed by atoms with Crippen molar-refractivity contribution >= 4 is 32.5 Å². The van der Waals surface area contributed by atoms with Crippen molar-refractivity contribution in [2.45, 2.75) is 32.5 Å². The molecule has 192 valence electrons. The number of anilines is 1. The molecule has 0 spiro atoms. The molecule has 3 heterocycles. The number of halogens is 3. The van der Waals surface area contributed by atoms with E-state index in [2.05, 4.69) is 10.4 Å². The number of carbonyl (C=O) groups excluding carboxylic acids is 1. The van der Waals surface area contributed by atoms with Crippen molar-refractivity contribution in [2.75, 3.05) is 16.8 Å². The quantitative estimate of drug-likeness (QED) is 0.386. The maximum absolute atomic E-state index is 13.4. The van der Waals surface area contributed by atoms with Crippen molar-refractivity contribution < 1.29 is 26.4 Å². The smallest absolute Gasteiger partial charge is 0.322 e. The first-order chi connectivity index (χ1) is 17.4. The number of aromatic nitrogens is 3. The Labute approximate surface area is 211 Å². The fourth-order valence-electron chi connectivity index (χ4n) is 4.53. The molecule has 0 bridgehead atoms. The summed E-state index contributed by atoms with van der Waals surface area (Å²) >= 11 is 0. The van der Waals surface area contributed by atoms with Crippen molar-refractivity contribution in [3.63, 3.8) is 0 Å². The average molecular weight is 529 g/mol. The van der Waals surface area contributed by atoms with Crippen molar-refractivity contribution in [2.24, 2.45) is 0 Å². The molecule has 1 amide bonds. The van der Waals surface area contributed by atoms with Crippen LogP contribution in [-0.4, -0.2) is 40.6 Å². The molecule has 1 fully saturated rings. The van der Waals surface area contributed by atoms with Gasteiger partial charge >= 0.3 is 6.18 Å². The molecule has 37 heavy (non-hydrogen) atoms. The molecule has 0 aliphatic carbocycles. The number of amides is 1. The molecule has 2 aromatic heterocycles. The van der Waals surface area contributed by atoms with Gasteiger partial charge in [-0.2, -0.15) is 18.3 Å². The zero-order valence-corrected chi connectivity index (χ0v) is 20.8. The average Bonchev–Trinajstić information content (AvgIpc) is 3.37. The highest BCUT2D eigenvalue weighted by Gasteiger charge is 2.33. The number of alkyl halides is 3. The van der Waals surface area contributed by atoms with Gasteiger partial charge in [-0.15, -0.1) is 0 Å². The van der Waals surface area contributed by atoms with Gasteiger partial charge in [0.1, 0.15) is 0 Å². The molecule has 4 aromatic rings. The maximum atomic E-state index is 13.4. The molecule has 0 radical (unpaired) electrons. The minimum Gasteiger partial charge on any atom is -0.322 e. The number of hydrogen-bond donors (Lipinski definition) is 1. The van der Waals surface area contributed by atoms with E-state index in [0.29, 0.717) is 28.8 Å². The predicted octanol–water partition coefficient (Wildman–Crippen LogP) is 5.35. The summed E-state index contributed by atoms with van der Waals surface area (Å²) in [5, 5.41) is 7.69. The van der Waals surface area contributed by atoms with Gasteiger partial charge in [0.05, 0.1) is 45.4 Å². The van der Waals surface area contributed by atoms with Crippen LogP contribution in [-0.2, 0) is 16.0 Å². The second-order valence-corrected chi connectivity index (χ2v) is 11.5. The summed E-state index contributed by atoms with van der Waals surface area (Å²) in [5.41, 5.74) is 2.80. The fraction of sp³-hybridized carbons (Fsp3) is 0.269. The van der Waals surface area contributed by atoms with Crippen LogP contribution < -0.4 is 5.32 Å². The largest absolute Gasteiger partial charge is 0.416 e. The highest BCUT2D eigenvalue weighted by Crippen LogP contribution is 2.33. The van der Waals surface area contributed by atoms with Crippen LogP contribution >= 0.6 is 0 Å². The van der Waals surface area contributed by atoms with E-state index in [-0.39, 0.29) is 22.8 Å². The molecule has 0 saturated carbocycles. The molecule has 7 nitrogen and oxygen atoms in total. The molecule has 1 aliphatic heterocycles. The van der Waals surface area contributed by atoms with E-state index in [1.54, 1.807) is 17.7 Å². The Morgan fingerprint density at radius 2 is 1.73 bits per heavy atom. The Bertz CT molecular complexity index is 1610. The fourth-order valence-corrected chi connectivity index (χ4v) is 6.22. The minimum atomic E-state index is -4.48. The highest BCUT2D eigenvalue weighted by molar-refractivity contribution is 7.91. The van der Waals surface area contributed by atoms with Crippen LogP contribution in [0.4, 0.5) is 18.9 Å². The number of nitrogens with zero attached hydrogens (tertiary/aromatic N) is 3. The highest BCUT2D eigenvalue weighted by atomic mass is 32.2. The normalized spacial score (nSPS) is 17.3. The number of fused-ring (bicyclic) bond motifs is 1. The Morgan fingerprint density at radius 1 is 1.05 bits per heavy atom. The molecule has 11 heteroatoms. The van der Waals surface area contributed by atoms with E-state index in [1.165, 1.54) is 12.1 Å². The Balaban J connectivity index is 1.61. The number of hydrogen-bond acceptors (Lipinski definition) is 5. The summed E-state index contributed by atoms with van der Waals surface area (Å²) in [7, 11) is -3.20. The number of aryl methyl sites for hydroxylation is 2. The molecule has 1 N–H and O–H groups in total. The van der Waals surface area contributed by atoms with Gasteiger partial charge in [0.15, 0.2) is 15.5 Å². The van der Waals surface area contributed by atoms with Crippen LogP contribution in [0, 0.1) is 13.8 Å². The third-order valence-electron chi connectivity index (χ3n) is 6.45. The Hall–Kier alpha value is -3.73. The number of carbonyl (C=O) groups is 1. The lowest BCUT2D eigenvalue weighted by molar-refractivity contribution is -0.137. The Morgan fingerprint density at radius 3 is 2.32 bits per heavy atom. The lowest BCUT2D eigenvalue weighted by Crippen LogP contribution is -2.15. The van der Waals surface area contributed by atoms with Crippen LogP contribution in [0.15, 0.2) is 54.6 Å². The molecule has 1 saturated heterocycles. The van der Waals surface area contributed by atoms with E-state index in [4.69, 9.17) is 4.98 Å². The van der Waals surface area contributed by atoms with Gasteiger partial charge in [0.25, 0.3) is 5.91 Å². The van der Waals surface area contributed by atoms with Crippen LogP contribution in [0.1, 0.15) is 39.6 Å². The van der Waals surface area contributed by atoms with Gasteiger partial charge in [0.2, 0.25) is 0 Å². The lowest BCUT2D eigenvalue weighted by atomic mass is 10.0. The van der Waals surface area contributed by atoms with Gasteiger partial charge in [-0.1, -0.05) is 29.8 Å². The van der Waals surface area contributed by atoms with Crippen LogP contribution in [0.5, 0.6) is 0 Å². The van der Waals surface area contributed by atoms with E-state index in [9.17, 15) is 26.4 Å². The van der Waals surface area contributed by atoms with Gasteiger partial charge in [-0.3, -0.25) is 4.79 Å². The first-order valence-electron chi connectivity index (χ1n) is 11.6. The standard InChI is InChI=1S/C26H23F3N4O3S/c1-15-3-5-17(6-4-15)22-13-21(25(34)30-19-9-7-18(8-10-19)26(27,28)29)23-16(2)32-33(24(23)31-22)20-11-12-37(35,36)14-20/h3-10,13,20H,11-12,14H2,1-2H3,(H,30,34). The molecule has 2 aromatic carbocycles. The lowest BCUT2D eigenvalue weighted by Gasteiger charge is -2.13. The van der Waals surface area contributed by atoms with Gasteiger partial charge in [-0.05, 0) is 50.6 Å². The SMILES string of the molecule is Cc1ccc(-c2cc(C(=O)Nc3ccc(C(F)(F)F)cc3)c3c(C)nn(C4CCS(=O)(=O)C4)c3n2)cc1. The third kappa shape index (κ3) is 4.95. The molecule has 1 aliphatic rings.